The van der Waals surface area contributed by atoms with Crippen molar-refractivity contribution in [3.8, 4) is 0 Å². The smallest absolute Gasteiger partial charge is 0.288 e. The number of halogens is 3. The number of fused-ring (bicyclic) bond motifs is 1. The summed E-state index contributed by atoms with van der Waals surface area (Å²) in [6.07, 6.45) is -3.60. The fourth-order valence-corrected chi connectivity index (χ4v) is 3.45. The molecule has 1 aliphatic rings. The van der Waals surface area contributed by atoms with Gasteiger partial charge >= 0.3 is 6.18 Å². The molecule has 1 aliphatic heterocycles. The number of benzene rings is 2. The Kier molecular flexibility index (Phi) is 4.73. The highest BCUT2D eigenvalue weighted by atomic mass is 19.4. The van der Waals surface area contributed by atoms with Gasteiger partial charge in [-0.1, -0.05) is 50.2 Å². The number of amides is 1. The molecule has 6 heteroatoms. The van der Waals surface area contributed by atoms with Gasteiger partial charge in [-0.2, -0.15) is 13.2 Å². The maximum atomic E-state index is 13.8. The molecule has 25 heavy (non-hydrogen) atoms. The molecule has 1 amide bonds. The predicted molar refractivity (Wildman–Crippen MR) is 90.8 cm³/mol. The number of carbonyl (C=O) groups is 1. The summed E-state index contributed by atoms with van der Waals surface area (Å²) >= 11 is 0. The van der Waals surface area contributed by atoms with Crippen LogP contribution in [0.1, 0.15) is 37.4 Å². The Morgan fingerprint density at radius 2 is 1.80 bits per heavy atom. The first-order valence-electron chi connectivity index (χ1n) is 8.40. The van der Waals surface area contributed by atoms with Gasteiger partial charge in [-0.3, -0.25) is 10.2 Å². The molecule has 0 radical (unpaired) electrons. The van der Waals surface area contributed by atoms with Crippen molar-refractivity contribution in [2.45, 2.75) is 38.9 Å². The molecule has 2 aromatic rings. The minimum Gasteiger partial charge on any atom is -0.288 e. The van der Waals surface area contributed by atoms with Gasteiger partial charge in [0, 0.05) is 13.0 Å². The summed E-state index contributed by atoms with van der Waals surface area (Å²) in [6, 6.07) is 8.68. The molecule has 1 atom stereocenters. The van der Waals surface area contributed by atoms with E-state index in [2.05, 4.69) is 19.3 Å². The molecule has 3 rings (SSSR count). The third kappa shape index (κ3) is 3.63. The van der Waals surface area contributed by atoms with E-state index in [4.69, 9.17) is 0 Å². The summed E-state index contributed by atoms with van der Waals surface area (Å²) in [7, 11) is 0. The third-order valence-electron chi connectivity index (χ3n) is 4.44. The van der Waals surface area contributed by atoms with Gasteiger partial charge in [-0.15, -0.1) is 0 Å². The Balaban J connectivity index is 2.14. The molecule has 1 unspecified atom stereocenters. The van der Waals surface area contributed by atoms with Gasteiger partial charge in [0.2, 0.25) is 5.91 Å². The van der Waals surface area contributed by atoms with Crippen molar-refractivity contribution >= 4 is 16.7 Å². The lowest BCUT2D eigenvalue weighted by atomic mass is 9.91. The van der Waals surface area contributed by atoms with Gasteiger partial charge in [0.25, 0.3) is 0 Å². The summed E-state index contributed by atoms with van der Waals surface area (Å²) in [5.41, 5.74) is 3.57. The van der Waals surface area contributed by atoms with E-state index in [-0.39, 0.29) is 24.4 Å². The van der Waals surface area contributed by atoms with Crippen LogP contribution in [0.2, 0.25) is 0 Å². The van der Waals surface area contributed by atoms with E-state index >= 15 is 0 Å². The highest BCUT2D eigenvalue weighted by Gasteiger charge is 2.47. The lowest BCUT2D eigenvalue weighted by Gasteiger charge is -2.30. The standard InChI is InChI=1S/C19H21F3N2O/c1-12(2)11-13-7-8-16(15-6-4-3-5-14(13)15)18(19(20,21)22)24-10-9-17(25)23-24/h3-8,12,18H,9-11H2,1-2H3,(H,23,25). The molecule has 3 nitrogen and oxygen atoms in total. The quantitative estimate of drug-likeness (QED) is 0.888. The summed E-state index contributed by atoms with van der Waals surface area (Å²) in [6.45, 7) is 4.22. The van der Waals surface area contributed by atoms with Crippen molar-refractivity contribution in [1.82, 2.24) is 10.4 Å². The van der Waals surface area contributed by atoms with Crippen molar-refractivity contribution < 1.29 is 18.0 Å². The Morgan fingerprint density at radius 1 is 1.12 bits per heavy atom. The topological polar surface area (TPSA) is 32.3 Å². The van der Waals surface area contributed by atoms with Crippen LogP contribution in [0, 0.1) is 5.92 Å². The average molecular weight is 350 g/mol. The van der Waals surface area contributed by atoms with E-state index in [0.717, 1.165) is 22.4 Å². The van der Waals surface area contributed by atoms with Crippen LogP contribution < -0.4 is 5.43 Å². The summed E-state index contributed by atoms with van der Waals surface area (Å²) < 4.78 is 41.5. The predicted octanol–water partition coefficient (Wildman–Crippen LogP) is 4.38. The highest BCUT2D eigenvalue weighted by Crippen LogP contribution is 2.41. The van der Waals surface area contributed by atoms with Crippen LogP contribution >= 0.6 is 0 Å². The minimum absolute atomic E-state index is 0.0467. The minimum atomic E-state index is -4.49. The van der Waals surface area contributed by atoms with Crippen LogP contribution in [-0.2, 0) is 11.2 Å². The van der Waals surface area contributed by atoms with Gasteiger partial charge in [0.05, 0.1) is 0 Å². The summed E-state index contributed by atoms with van der Waals surface area (Å²) in [5.74, 6) is 0.0283. The van der Waals surface area contributed by atoms with Crippen molar-refractivity contribution in [3.63, 3.8) is 0 Å². The number of hydrazine groups is 1. The largest absolute Gasteiger partial charge is 0.409 e. The van der Waals surface area contributed by atoms with Gasteiger partial charge in [-0.25, -0.2) is 5.01 Å². The van der Waals surface area contributed by atoms with E-state index in [1.54, 1.807) is 24.3 Å². The maximum Gasteiger partial charge on any atom is 0.409 e. The van der Waals surface area contributed by atoms with E-state index in [9.17, 15) is 18.0 Å². The number of rotatable bonds is 4. The molecule has 1 N–H and O–H groups in total. The SMILES string of the molecule is CC(C)Cc1ccc(C(N2CCC(=O)N2)C(F)(F)F)c2ccccc12. The fraction of sp³-hybridized carbons (Fsp3) is 0.421. The van der Waals surface area contributed by atoms with Crippen molar-refractivity contribution in [3.05, 3.63) is 47.5 Å². The normalized spacial score (nSPS) is 17.3. The molecule has 1 heterocycles. The second kappa shape index (κ2) is 6.67. The zero-order chi connectivity index (χ0) is 18.2. The summed E-state index contributed by atoms with van der Waals surface area (Å²) in [4.78, 5) is 11.4. The van der Waals surface area contributed by atoms with Crippen LogP contribution in [-0.4, -0.2) is 23.6 Å². The second-order valence-corrected chi connectivity index (χ2v) is 6.88. The Hall–Kier alpha value is -2.08. The molecule has 0 bridgehead atoms. The van der Waals surface area contributed by atoms with Crippen LogP contribution in [0.4, 0.5) is 13.2 Å². The van der Waals surface area contributed by atoms with Gasteiger partial charge in [0.15, 0.2) is 6.04 Å². The second-order valence-electron chi connectivity index (χ2n) is 6.88. The first-order valence-corrected chi connectivity index (χ1v) is 8.40. The van der Waals surface area contributed by atoms with Crippen LogP contribution in [0.15, 0.2) is 36.4 Å². The number of carbonyl (C=O) groups excluding carboxylic acids is 1. The molecule has 0 aromatic heterocycles. The van der Waals surface area contributed by atoms with E-state index in [1.165, 1.54) is 0 Å². The molecule has 134 valence electrons. The zero-order valence-corrected chi connectivity index (χ0v) is 14.2. The lowest BCUT2D eigenvalue weighted by Crippen LogP contribution is -2.43. The van der Waals surface area contributed by atoms with Crippen LogP contribution in [0.3, 0.4) is 0 Å². The van der Waals surface area contributed by atoms with Gasteiger partial charge in [0.1, 0.15) is 0 Å². The first-order chi connectivity index (χ1) is 11.8. The monoisotopic (exact) mass is 350 g/mol. The van der Waals surface area contributed by atoms with E-state index < -0.39 is 12.2 Å². The first kappa shape index (κ1) is 17.7. The molecule has 1 fully saturated rings. The molecule has 0 aliphatic carbocycles. The van der Waals surface area contributed by atoms with Crippen LogP contribution in [0.25, 0.3) is 10.8 Å². The fourth-order valence-electron chi connectivity index (χ4n) is 3.45. The summed E-state index contributed by atoms with van der Waals surface area (Å²) in [5, 5.41) is 2.43. The number of nitrogens with one attached hydrogen (secondary N) is 1. The molecular weight excluding hydrogens is 329 g/mol. The number of alkyl halides is 3. The molecule has 1 saturated heterocycles. The molecule has 0 saturated carbocycles. The highest BCUT2D eigenvalue weighted by molar-refractivity contribution is 5.89. The van der Waals surface area contributed by atoms with Crippen LogP contribution in [0.5, 0.6) is 0 Å². The van der Waals surface area contributed by atoms with Gasteiger partial charge in [-0.05, 0) is 34.2 Å². The van der Waals surface area contributed by atoms with E-state index in [0.29, 0.717) is 11.3 Å². The third-order valence-corrected chi connectivity index (χ3v) is 4.44. The molecule has 0 spiro atoms. The van der Waals surface area contributed by atoms with E-state index in [1.807, 2.05) is 12.1 Å². The number of hydrogen-bond donors (Lipinski definition) is 1. The number of hydrogen-bond acceptors (Lipinski definition) is 2. The number of nitrogens with zero attached hydrogens (tertiary/aromatic N) is 1. The van der Waals surface area contributed by atoms with Crippen molar-refractivity contribution in [2.75, 3.05) is 6.54 Å². The lowest BCUT2D eigenvalue weighted by molar-refractivity contribution is -0.190. The van der Waals surface area contributed by atoms with Crippen molar-refractivity contribution in [2.24, 2.45) is 5.92 Å². The Labute approximate surface area is 144 Å². The van der Waals surface area contributed by atoms with Crippen molar-refractivity contribution in [1.29, 1.82) is 0 Å². The maximum absolute atomic E-state index is 13.8. The Morgan fingerprint density at radius 3 is 2.36 bits per heavy atom. The van der Waals surface area contributed by atoms with Gasteiger partial charge < -0.3 is 0 Å². The molecule has 2 aromatic carbocycles. The zero-order valence-electron chi connectivity index (χ0n) is 14.2. The average Bonchev–Trinajstić information content (AvgIpc) is 2.94. The Bertz CT molecular complexity index is 786. The molecular formula is C19H21F3N2O.